The number of hydrogen-bond acceptors (Lipinski definition) is 7. The SMILES string of the molecule is C1=CNSC=C1.O=C1OC2(c3ccccc31)c1cc(Br)c(O)c(Br)c1Oc1c2cc(Br)c(O)c1Br. The fraction of sp³-hybridized carbons (Fsp3) is 0.0417. The first-order valence-corrected chi connectivity index (χ1v) is 14.0. The number of benzene rings is 3. The van der Waals surface area contributed by atoms with E-state index < -0.39 is 11.6 Å². The first-order valence-electron chi connectivity index (χ1n) is 9.93. The van der Waals surface area contributed by atoms with Gasteiger partial charge in [0.05, 0.1) is 25.6 Å². The normalized spacial score (nSPS) is 15.7. The van der Waals surface area contributed by atoms with Crippen molar-refractivity contribution in [1.82, 2.24) is 4.72 Å². The number of fused-ring (bicyclic) bond motifs is 6. The van der Waals surface area contributed by atoms with Crippen molar-refractivity contribution in [2.75, 3.05) is 0 Å². The molecule has 0 atom stereocenters. The van der Waals surface area contributed by atoms with Gasteiger partial charge in [-0.2, -0.15) is 0 Å². The predicted molar refractivity (Wildman–Crippen MR) is 148 cm³/mol. The summed E-state index contributed by atoms with van der Waals surface area (Å²) in [5, 5.41) is 22.8. The standard InChI is InChI=1S/C20H8Br4O5.C4H5NS/c21-11-5-9-17(13(23)15(11)25)28-18-10(6-12(22)16(26)14(18)24)20(9)8-4-2-1-3-7(8)19(27)29-20;1-2-4-6-5-3-1/h1-6,25-26H;1-5H. The Balaban J connectivity index is 0.000000371. The van der Waals surface area contributed by atoms with E-state index in [2.05, 4.69) is 68.4 Å². The molecule has 0 unspecified atom stereocenters. The minimum atomic E-state index is -1.33. The molecule has 1 spiro atoms. The number of halogens is 4. The maximum atomic E-state index is 12.8. The zero-order valence-corrected chi connectivity index (χ0v) is 24.5. The lowest BCUT2D eigenvalue weighted by atomic mass is 9.77. The Bertz CT molecular complexity index is 1380. The summed E-state index contributed by atoms with van der Waals surface area (Å²) in [5.74, 6) is -0.0230. The third-order valence-electron chi connectivity index (χ3n) is 5.52. The van der Waals surface area contributed by atoms with Crippen molar-refractivity contribution in [1.29, 1.82) is 0 Å². The second-order valence-corrected chi connectivity index (χ2v) is 11.5. The van der Waals surface area contributed by atoms with Crippen molar-refractivity contribution in [3.63, 3.8) is 0 Å². The summed E-state index contributed by atoms with van der Waals surface area (Å²) >= 11 is 15.0. The molecule has 3 aromatic rings. The van der Waals surface area contributed by atoms with Crippen LogP contribution in [0.15, 0.2) is 78.0 Å². The molecule has 6 nitrogen and oxygen atoms in total. The van der Waals surface area contributed by atoms with Crippen LogP contribution < -0.4 is 9.46 Å². The summed E-state index contributed by atoms with van der Waals surface area (Å²) in [6, 6.07) is 10.5. The number of esters is 1. The summed E-state index contributed by atoms with van der Waals surface area (Å²) in [4.78, 5) is 12.8. The average Bonchev–Trinajstić information content (AvgIpc) is 3.17. The first-order chi connectivity index (χ1) is 16.8. The molecule has 178 valence electrons. The number of carbonyl (C=O) groups excluding carboxylic acids is 1. The molecule has 11 heteroatoms. The van der Waals surface area contributed by atoms with E-state index in [-0.39, 0.29) is 23.0 Å². The molecule has 6 rings (SSSR count). The van der Waals surface area contributed by atoms with Crippen LogP contribution in [0.3, 0.4) is 0 Å². The molecule has 0 radical (unpaired) electrons. The van der Waals surface area contributed by atoms with Gasteiger partial charge < -0.3 is 24.4 Å². The second-order valence-electron chi connectivity index (χ2n) is 7.44. The minimum absolute atomic E-state index is 0.0579. The predicted octanol–water partition coefficient (Wildman–Crippen LogP) is 7.98. The van der Waals surface area contributed by atoms with E-state index in [9.17, 15) is 15.0 Å². The van der Waals surface area contributed by atoms with Gasteiger partial charge >= 0.3 is 5.97 Å². The Hall–Kier alpha value is -1.92. The van der Waals surface area contributed by atoms with Crippen molar-refractivity contribution in [3.8, 4) is 23.0 Å². The van der Waals surface area contributed by atoms with Gasteiger partial charge in [-0.05, 0) is 105 Å². The van der Waals surface area contributed by atoms with Gasteiger partial charge in [-0.15, -0.1) is 0 Å². The van der Waals surface area contributed by atoms with Gasteiger partial charge in [0.1, 0.15) is 20.4 Å². The van der Waals surface area contributed by atoms with Crippen molar-refractivity contribution in [2.24, 2.45) is 0 Å². The van der Waals surface area contributed by atoms with Gasteiger partial charge in [-0.25, -0.2) is 4.79 Å². The smallest absolute Gasteiger partial charge is 0.340 e. The molecule has 0 amide bonds. The molecule has 0 aliphatic carbocycles. The molecule has 3 heterocycles. The molecule has 0 fully saturated rings. The summed E-state index contributed by atoms with van der Waals surface area (Å²) in [5.41, 5.74) is 0.819. The number of carbonyl (C=O) groups is 1. The highest BCUT2D eigenvalue weighted by atomic mass is 79.9. The Morgan fingerprint density at radius 1 is 0.857 bits per heavy atom. The van der Waals surface area contributed by atoms with Gasteiger partial charge in [-0.1, -0.05) is 24.3 Å². The topological polar surface area (TPSA) is 88.0 Å². The number of phenols is 2. The lowest BCUT2D eigenvalue weighted by molar-refractivity contribution is 0.0222. The minimum Gasteiger partial charge on any atom is -0.505 e. The third kappa shape index (κ3) is 3.92. The van der Waals surface area contributed by atoms with Crippen LogP contribution in [0, 0.1) is 0 Å². The molecule has 35 heavy (non-hydrogen) atoms. The van der Waals surface area contributed by atoms with Gasteiger partial charge in [0.25, 0.3) is 0 Å². The van der Waals surface area contributed by atoms with Gasteiger partial charge in [0.15, 0.2) is 17.1 Å². The molecule has 0 bridgehead atoms. The van der Waals surface area contributed by atoms with Gasteiger partial charge in [0.2, 0.25) is 0 Å². The van der Waals surface area contributed by atoms with Crippen LogP contribution in [-0.2, 0) is 10.3 Å². The fourth-order valence-electron chi connectivity index (χ4n) is 4.03. The number of rotatable bonds is 0. The van der Waals surface area contributed by atoms with Crippen LogP contribution in [-0.4, -0.2) is 16.2 Å². The van der Waals surface area contributed by atoms with E-state index in [0.717, 1.165) is 0 Å². The largest absolute Gasteiger partial charge is 0.505 e. The highest BCUT2D eigenvalue weighted by molar-refractivity contribution is 9.11. The number of aromatic hydroxyl groups is 2. The second kappa shape index (κ2) is 9.51. The van der Waals surface area contributed by atoms with Crippen molar-refractivity contribution in [2.45, 2.75) is 5.60 Å². The monoisotopic (exact) mass is 743 g/mol. The molecule has 0 saturated carbocycles. The number of nitrogens with one attached hydrogen (secondary N) is 1. The van der Waals surface area contributed by atoms with Crippen LogP contribution in [0.5, 0.6) is 23.0 Å². The van der Waals surface area contributed by atoms with Crippen molar-refractivity contribution in [3.05, 3.63) is 100 Å². The number of phenolic OH excluding ortho intramolecular Hbond substituents is 2. The summed E-state index contributed by atoms with van der Waals surface area (Å²) in [6.07, 6.45) is 5.84. The number of hydrogen-bond donors (Lipinski definition) is 3. The summed E-state index contributed by atoms with van der Waals surface area (Å²) in [6.45, 7) is 0. The molecular formula is C24H13Br4NO5S. The van der Waals surface area contributed by atoms with E-state index in [4.69, 9.17) is 9.47 Å². The molecule has 3 N–H and O–H groups in total. The first kappa shape index (κ1) is 24.8. The van der Waals surface area contributed by atoms with Crippen LogP contribution in [0.25, 0.3) is 0 Å². The van der Waals surface area contributed by atoms with Gasteiger partial charge in [-0.3, -0.25) is 0 Å². The molecule has 3 aliphatic heterocycles. The summed E-state index contributed by atoms with van der Waals surface area (Å²) in [7, 11) is 0. The zero-order chi connectivity index (χ0) is 24.9. The van der Waals surface area contributed by atoms with E-state index in [1.807, 2.05) is 35.9 Å². The highest BCUT2D eigenvalue weighted by Crippen LogP contribution is 2.62. The maximum absolute atomic E-state index is 12.8. The Morgan fingerprint density at radius 2 is 1.46 bits per heavy atom. The zero-order valence-electron chi connectivity index (χ0n) is 17.3. The van der Waals surface area contributed by atoms with E-state index in [1.54, 1.807) is 36.2 Å². The maximum Gasteiger partial charge on any atom is 0.340 e. The van der Waals surface area contributed by atoms with Gasteiger partial charge in [0, 0.05) is 11.8 Å². The fourth-order valence-corrected chi connectivity index (χ4v) is 6.84. The third-order valence-corrected chi connectivity index (χ3v) is 8.77. The van der Waals surface area contributed by atoms with E-state index in [0.29, 0.717) is 40.1 Å². The Kier molecular flexibility index (Phi) is 6.73. The van der Waals surface area contributed by atoms with E-state index in [1.165, 1.54) is 0 Å². The summed E-state index contributed by atoms with van der Waals surface area (Å²) < 4.78 is 16.5. The number of allylic oxidation sites excluding steroid dienone is 2. The van der Waals surface area contributed by atoms with Crippen LogP contribution in [0.2, 0.25) is 0 Å². The van der Waals surface area contributed by atoms with Crippen LogP contribution in [0.4, 0.5) is 0 Å². The molecule has 0 saturated heterocycles. The van der Waals surface area contributed by atoms with Crippen molar-refractivity contribution >= 4 is 81.6 Å². The lowest BCUT2D eigenvalue weighted by Crippen LogP contribution is -2.33. The van der Waals surface area contributed by atoms with E-state index >= 15 is 0 Å². The highest BCUT2D eigenvalue weighted by Gasteiger charge is 2.55. The van der Waals surface area contributed by atoms with Crippen LogP contribution >= 0.6 is 75.7 Å². The Labute approximate surface area is 238 Å². The number of ether oxygens (including phenoxy) is 2. The molecule has 3 aromatic carbocycles. The quantitative estimate of drug-likeness (QED) is 0.159. The molecule has 0 aromatic heterocycles. The van der Waals surface area contributed by atoms with Crippen molar-refractivity contribution < 1.29 is 24.5 Å². The molecule has 3 aliphatic rings. The average molecular weight is 747 g/mol. The lowest BCUT2D eigenvalue weighted by Gasteiger charge is -2.37. The van der Waals surface area contributed by atoms with Crippen LogP contribution in [0.1, 0.15) is 27.0 Å². The molecular weight excluding hydrogens is 734 g/mol. The Morgan fingerprint density at radius 3 is 1.94 bits per heavy atom.